The van der Waals surface area contributed by atoms with Gasteiger partial charge in [0.1, 0.15) is 4.90 Å². The Balaban J connectivity index is 2.83. The molecule has 0 amide bonds. The summed E-state index contributed by atoms with van der Waals surface area (Å²) in [6, 6.07) is 12.6. The molecule has 0 fully saturated rings. The number of nitrogens with two attached hydrogens (primary N) is 1. The number of primary sulfonamides is 1. The van der Waals surface area contributed by atoms with Gasteiger partial charge in [0.05, 0.1) is 0 Å². The smallest absolute Gasteiger partial charge is 0.300 e. The van der Waals surface area contributed by atoms with Gasteiger partial charge >= 0.3 is 0 Å². The first kappa shape index (κ1) is 10.1. The van der Waals surface area contributed by atoms with E-state index in [1.165, 1.54) is 0 Å². The van der Waals surface area contributed by atoms with Crippen LogP contribution < -0.4 is 4.72 Å². The Morgan fingerprint density at radius 1 is 1.00 bits per heavy atom. The van der Waals surface area contributed by atoms with Gasteiger partial charge in [-0.2, -0.15) is 8.42 Å². The maximum absolute atomic E-state index is 11.7. The summed E-state index contributed by atoms with van der Waals surface area (Å²) < 4.78 is 24.4. The van der Waals surface area contributed by atoms with Crippen molar-refractivity contribution >= 4 is 20.8 Å². The highest BCUT2D eigenvalue weighted by Crippen LogP contribution is 2.20. The summed E-state index contributed by atoms with van der Waals surface area (Å²) in [5.41, 5.74) is 0. The fourth-order valence-electron chi connectivity index (χ4n) is 1.53. The highest BCUT2D eigenvalue weighted by molar-refractivity contribution is 7.85. The van der Waals surface area contributed by atoms with Crippen molar-refractivity contribution in [3.8, 4) is 0 Å². The van der Waals surface area contributed by atoms with Crippen LogP contribution in [0.4, 0.5) is 0 Å². The van der Waals surface area contributed by atoms with Crippen molar-refractivity contribution in [1.82, 2.24) is 0 Å². The second-order valence-electron chi connectivity index (χ2n) is 3.19. The van der Waals surface area contributed by atoms with Gasteiger partial charge in [0.25, 0.3) is 10.0 Å². The van der Waals surface area contributed by atoms with Crippen LogP contribution in [-0.2, 0) is 10.0 Å². The first-order valence-corrected chi connectivity index (χ1v) is 6.05. The van der Waals surface area contributed by atoms with Crippen molar-refractivity contribution in [2.45, 2.75) is 4.90 Å². The fraction of sp³-hybridized carbons (Fsp3) is 0. The van der Waals surface area contributed by atoms with Crippen LogP contribution in [0.2, 0.25) is 0 Å². The molecule has 2 aromatic rings. The Bertz CT molecular complexity index is 585. The second kappa shape index (κ2) is 3.64. The lowest BCUT2D eigenvalue weighted by Gasteiger charge is -2.06. The van der Waals surface area contributed by atoms with Gasteiger partial charge in [-0.3, -0.25) is 0 Å². The van der Waals surface area contributed by atoms with Crippen LogP contribution in [0.25, 0.3) is 10.8 Å². The minimum Gasteiger partial charge on any atom is -0.367 e. The van der Waals surface area contributed by atoms with Crippen LogP contribution in [0, 0.1) is 7.05 Å². The second-order valence-corrected chi connectivity index (χ2v) is 5.05. The van der Waals surface area contributed by atoms with Crippen LogP contribution in [0.3, 0.4) is 0 Å². The normalized spacial score (nSPS) is 11.8. The number of hydrogen-bond acceptors (Lipinski definition) is 2. The summed E-state index contributed by atoms with van der Waals surface area (Å²) in [5.74, 6) is 0. The van der Waals surface area contributed by atoms with E-state index in [1.54, 1.807) is 18.2 Å². The van der Waals surface area contributed by atoms with Gasteiger partial charge in [0.2, 0.25) is 0 Å². The maximum Gasteiger partial charge on any atom is 0.300 e. The molecule has 2 aromatic carbocycles. The van der Waals surface area contributed by atoms with E-state index in [0.717, 1.165) is 15.5 Å². The molecule has 0 unspecified atom stereocenters. The lowest BCUT2D eigenvalue weighted by atomic mass is 10.1. The minimum atomic E-state index is -3.36. The molecule has 4 heteroatoms. The first-order valence-electron chi connectivity index (χ1n) is 4.50. The highest BCUT2D eigenvalue weighted by Gasteiger charge is 2.15. The third-order valence-electron chi connectivity index (χ3n) is 2.28. The molecule has 0 aromatic heterocycles. The van der Waals surface area contributed by atoms with E-state index in [9.17, 15) is 8.42 Å². The molecule has 3 nitrogen and oxygen atoms in total. The van der Waals surface area contributed by atoms with Gasteiger partial charge in [-0.25, -0.2) is 0 Å². The fourth-order valence-corrected chi connectivity index (χ4v) is 2.47. The average Bonchev–Trinajstić information content (AvgIpc) is 2.28. The molecule has 0 aliphatic rings. The number of fused-ring (bicyclic) bond motifs is 1. The van der Waals surface area contributed by atoms with E-state index in [1.807, 2.05) is 24.3 Å². The molecule has 78 valence electrons. The summed E-state index contributed by atoms with van der Waals surface area (Å²) >= 11 is 0. The van der Waals surface area contributed by atoms with E-state index >= 15 is 0 Å². The van der Waals surface area contributed by atoms with E-state index in [-0.39, 0.29) is 0 Å². The molecule has 0 spiro atoms. The SMILES string of the molecule is [CH2-][NH2+]S(=O)(=O)c1cccc2ccccc12. The zero-order chi connectivity index (χ0) is 10.9. The molecule has 0 saturated carbocycles. The molecule has 0 aliphatic heterocycles. The average molecular weight is 221 g/mol. The van der Waals surface area contributed by atoms with Gasteiger partial charge in [-0.15, -0.1) is 7.05 Å². The van der Waals surface area contributed by atoms with E-state index in [0.29, 0.717) is 4.90 Å². The zero-order valence-electron chi connectivity index (χ0n) is 8.05. The Kier molecular flexibility index (Phi) is 2.46. The van der Waals surface area contributed by atoms with Crippen molar-refractivity contribution in [2.75, 3.05) is 0 Å². The number of sulfonamides is 1. The van der Waals surface area contributed by atoms with Crippen molar-refractivity contribution in [3.05, 3.63) is 49.5 Å². The van der Waals surface area contributed by atoms with Crippen LogP contribution >= 0.6 is 0 Å². The Hall–Kier alpha value is -1.39. The summed E-state index contributed by atoms with van der Waals surface area (Å²) in [7, 11) is -0.0333. The van der Waals surface area contributed by atoms with Crippen molar-refractivity contribution < 1.29 is 13.1 Å². The largest absolute Gasteiger partial charge is 0.367 e. The maximum atomic E-state index is 11.7. The van der Waals surface area contributed by atoms with Crippen molar-refractivity contribution in [3.63, 3.8) is 0 Å². The topological polar surface area (TPSA) is 50.8 Å². The van der Waals surface area contributed by atoms with Crippen LogP contribution in [0.1, 0.15) is 0 Å². The Morgan fingerprint density at radius 3 is 2.40 bits per heavy atom. The number of quaternary nitrogens is 1. The molecule has 0 atom stereocenters. The highest BCUT2D eigenvalue weighted by atomic mass is 32.2. The van der Waals surface area contributed by atoms with E-state index in [4.69, 9.17) is 0 Å². The monoisotopic (exact) mass is 221 g/mol. The van der Waals surface area contributed by atoms with Gasteiger partial charge < -0.3 is 4.72 Å². The zero-order valence-corrected chi connectivity index (χ0v) is 8.87. The molecular formula is C11H11NO2S. The molecule has 2 rings (SSSR count). The van der Waals surface area contributed by atoms with E-state index in [2.05, 4.69) is 7.05 Å². The first-order chi connectivity index (χ1) is 7.15. The van der Waals surface area contributed by atoms with Gasteiger partial charge in [0, 0.05) is 5.39 Å². The van der Waals surface area contributed by atoms with Crippen LogP contribution in [0.5, 0.6) is 0 Å². The van der Waals surface area contributed by atoms with Crippen LogP contribution in [-0.4, -0.2) is 8.42 Å². The molecule has 0 bridgehead atoms. The molecule has 0 aliphatic carbocycles. The van der Waals surface area contributed by atoms with Gasteiger partial charge in [-0.1, -0.05) is 36.4 Å². The molecule has 0 radical (unpaired) electrons. The minimum absolute atomic E-state index is 0.315. The third-order valence-corrected chi connectivity index (χ3v) is 3.68. The standard InChI is InChI=1S/C11H11NO2S/c1-12-15(13,14)11-8-4-6-9-5-2-3-7-10(9)11/h2-8H,1,12H2. The molecule has 15 heavy (non-hydrogen) atoms. The van der Waals surface area contributed by atoms with E-state index < -0.39 is 10.0 Å². The molecule has 0 heterocycles. The summed E-state index contributed by atoms with van der Waals surface area (Å²) in [5, 5.41) is 1.65. The lowest BCUT2D eigenvalue weighted by Crippen LogP contribution is -2.80. The van der Waals surface area contributed by atoms with Crippen molar-refractivity contribution in [1.29, 1.82) is 0 Å². The van der Waals surface area contributed by atoms with Gasteiger partial charge in [0.15, 0.2) is 0 Å². The third kappa shape index (κ3) is 1.73. The quantitative estimate of drug-likeness (QED) is 0.765. The Morgan fingerprint density at radius 2 is 1.67 bits per heavy atom. The van der Waals surface area contributed by atoms with Crippen molar-refractivity contribution in [2.24, 2.45) is 0 Å². The predicted octanol–water partition coefficient (Wildman–Crippen LogP) is 0.883. The lowest BCUT2D eigenvalue weighted by molar-refractivity contribution is -0.424. The Labute approximate surface area is 88.8 Å². The number of rotatable bonds is 2. The van der Waals surface area contributed by atoms with Crippen LogP contribution in [0.15, 0.2) is 47.4 Å². The predicted molar refractivity (Wildman–Crippen MR) is 58.4 cm³/mol. The molecule has 2 N–H and O–H groups in total. The number of benzene rings is 2. The summed E-state index contributed by atoms with van der Waals surface area (Å²) in [6.07, 6.45) is 0. The number of hydrogen-bond donors (Lipinski definition) is 1. The molecular weight excluding hydrogens is 210 g/mol. The molecule has 0 saturated heterocycles. The van der Waals surface area contributed by atoms with Gasteiger partial charge in [-0.05, 0) is 11.5 Å². The summed E-state index contributed by atoms with van der Waals surface area (Å²) in [6.45, 7) is 0. The summed E-state index contributed by atoms with van der Waals surface area (Å²) in [4.78, 5) is 0.315.